The number of nitrogens with one attached hydrogen (secondary N) is 1. The van der Waals surface area contributed by atoms with Crippen molar-refractivity contribution in [3.05, 3.63) is 99.8 Å². The van der Waals surface area contributed by atoms with E-state index < -0.39 is 0 Å². The van der Waals surface area contributed by atoms with Crippen LogP contribution in [0.2, 0.25) is 0 Å². The van der Waals surface area contributed by atoms with Crippen LogP contribution in [0.5, 0.6) is 5.75 Å². The maximum atomic E-state index is 13.5. The first kappa shape index (κ1) is 22.7. The van der Waals surface area contributed by atoms with Crippen molar-refractivity contribution in [2.75, 3.05) is 25.1 Å². The van der Waals surface area contributed by atoms with Crippen molar-refractivity contribution < 1.29 is 9.53 Å². The van der Waals surface area contributed by atoms with Crippen molar-refractivity contribution in [2.45, 2.75) is 25.9 Å². The lowest BCUT2D eigenvalue weighted by molar-refractivity contribution is 0.0951. The van der Waals surface area contributed by atoms with E-state index in [0.29, 0.717) is 35.5 Å². The Labute approximate surface area is 204 Å². The Kier molecular flexibility index (Phi) is 6.48. The quantitative estimate of drug-likeness (QED) is 0.444. The average Bonchev–Trinajstić information content (AvgIpc) is 3.44. The Balaban J connectivity index is 1.45. The van der Waals surface area contributed by atoms with Crippen molar-refractivity contribution in [3.8, 4) is 5.75 Å². The highest BCUT2D eigenvalue weighted by atomic mass is 16.5. The average molecular weight is 469 g/mol. The maximum Gasteiger partial charge on any atom is 0.263 e. The first-order chi connectivity index (χ1) is 17.1. The van der Waals surface area contributed by atoms with Crippen LogP contribution in [0, 0.1) is 0 Å². The number of hydrogen-bond donors (Lipinski definition) is 1. The summed E-state index contributed by atoms with van der Waals surface area (Å²) in [5.74, 6) is 1.23. The predicted molar refractivity (Wildman–Crippen MR) is 137 cm³/mol. The summed E-state index contributed by atoms with van der Waals surface area (Å²) in [6.45, 7) is 2.59. The highest BCUT2D eigenvalue weighted by Crippen LogP contribution is 2.22. The molecule has 0 bridgehead atoms. The summed E-state index contributed by atoms with van der Waals surface area (Å²) in [5, 5.41) is 3.45. The van der Waals surface area contributed by atoms with Crippen LogP contribution in [-0.2, 0) is 13.1 Å². The van der Waals surface area contributed by atoms with Crippen LogP contribution in [0.4, 0.5) is 5.95 Å². The largest absolute Gasteiger partial charge is 0.497 e. The van der Waals surface area contributed by atoms with E-state index in [2.05, 4.69) is 10.2 Å². The van der Waals surface area contributed by atoms with E-state index in [1.807, 2.05) is 54.6 Å². The fraction of sp³-hybridized carbons (Fsp3) is 0.250. The third-order valence-electron chi connectivity index (χ3n) is 6.38. The van der Waals surface area contributed by atoms with Gasteiger partial charge in [0.2, 0.25) is 5.95 Å². The van der Waals surface area contributed by atoms with Crippen LogP contribution < -0.4 is 20.5 Å². The van der Waals surface area contributed by atoms with Gasteiger partial charge in [-0.05, 0) is 54.3 Å². The van der Waals surface area contributed by atoms with E-state index in [1.165, 1.54) is 0 Å². The number of amides is 1. The van der Waals surface area contributed by atoms with Gasteiger partial charge in [-0.2, -0.15) is 0 Å². The minimum Gasteiger partial charge on any atom is -0.497 e. The van der Waals surface area contributed by atoms with Crippen LogP contribution in [-0.4, -0.2) is 35.7 Å². The summed E-state index contributed by atoms with van der Waals surface area (Å²) < 4.78 is 6.93. The van der Waals surface area contributed by atoms with E-state index >= 15 is 0 Å². The Morgan fingerprint density at radius 3 is 2.43 bits per heavy atom. The zero-order valence-electron chi connectivity index (χ0n) is 19.7. The van der Waals surface area contributed by atoms with Crippen LogP contribution in [0.3, 0.4) is 0 Å². The number of anilines is 1. The molecule has 1 saturated heterocycles. The second kappa shape index (κ2) is 10.0. The van der Waals surface area contributed by atoms with Gasteiger partial charge in [-0.15, -0.1) is 0 Å². The molecule has 1 aliphatic heterocycles. The fourth-order valence-corrected chi connectivity index (χ4v) is 4.45. The lowest BCUT2D eigenvalue weighted by atomic mass is 10.1. The predicted octanol–water partition coefficient (Wildman–Crippen LogP) is 3.98. The van der Waals surface area contributed by atoms with E-state index in [4.69, 9.17) is 9.72 Å². The van der Waals surface area contributed by atoms with Gasteiger partial charge in [-0.1, -0.05) is 42.5 Å². The molecule has 4 aromatic rings. The molecule has 0 atom stereocenters. The molecule has 3 aromatic carbocycles. The Morgan fingerprint density at radius 1 is 0.971 bits per heavy atom. The van der Waals surface area contributed by atoms with Gasteiger partial charge in [-0.25, -0.2) is 4.98 Å². The summed E-state index contributed by atoms with van der Waals surface area (Å²) in [6, 6.07) is 22.6. The van der Waals surface area contributed by atoms with Gasteiger partial charge in [0.15, 0.2) is 0 Å². The summed E-state index contributed by atoms with van der Waals surface area (Å²) in [5.41, 5.74) is 2.94. The van der Waals surface area contributed by atoms with Gasteiger partial charge in [0, 0.05) is 25.2 Å². The number of nitrogens with zero attached hydrogens (tertiary/aromatic N) is 3. The third kappa shape index (κ3) is 4.89. The molecule has 35 heavy (non-hydrogen) atoms. The van der Waals surface area contributed by atoms with Crippen molar-refractivity contribution >= 4 is 22.8 Å². The molecule has 2 heterocycles. The highest BCUT2D eigenvalue weighted by molar-refractivity contribution is 5.97. The van der Waals surface area contributed by atoms with Crippen LogP contribution in [0.15, 0.2) is 77.6 Å². The molecular formula is C28H28N4O3. The number of benzene rings is 3. The minimum atomic E-state index is -0.208. The molecule has 0 saturated carbocycles. The number of aromatic nitrogens is 2. The fourth-order valence-electron chi connectivity index (χ4n) is 4.45. The molecule has 1 fully saturated rings. The van der Waals surface area contributed by atoms with Crippen LogP contribution in [0.25, 0.3) is 10.9 Å². The molecule has 0 radical (unpaired) electrons. The number of fused-ring (bicyclic) bond motifs is 1. The van der Waals surface area contributed by atoms with Gasteiger partial charge in [0.25, 0.3) is 11.5 Å². The van der Waals surface area contributed by atoms with Crippen LogP contribution >= 0.6 is 0 Å². The zero-order valence-corrected chi connectivity index (χ0v) is 19.7. The number of hydrogen-bond acceptors (Lipinski definition) is 5. The molecule has 178 valence electrons. The van der Waals surface area contributed by atoms with Gasteiger partial charge < -0.3 is 15.0 Å². The van der Waals surface area contributed by atoms with Crippen molar-refractivity contribution in [3.63, 3.8) is 0 Å². The number of methoxy groups -OCH3 is 1. The molecule has 0 unspecified atom stereocenters. The molecule has 7 nitrogen and oxygen atoms in total. The SMILES string of the molecule is COc1ccc(CNC(=O)c2ccc3c(=O)n(Cc4ccccc4)c(N4CCCC4)nc3c2)cc1. The topological polar surface area (TPSA) is 76.5 Å². The lowest BCUT2D eigenvalue weighted by Crippen LogP contribution is -2.31. The minimum absolute atomic E-state index is 0.0917. The maximum absolute atomic E-state index is 13.5. The van der Waals surface area contributed by atoms with E-state index in [-0.39, 0.29) is 11.5 Å². The normalized spacial score (nSPS) is 13.2. The van der Waals surface area contributed by atoms with Gasteiger partial charge >= 0.3 is 0 Å². The summed E-state index contributed by atoms with van der Waals surface area (Å²) in [6.07, 6.45) is 2.15. The van der Waals surface area contributed by atoms with Crippen molar-refractivity contribution in [1.82, 2.24) is 14.9 Å². The molecule has 0 aliphatic carbocycles. The molecule has 1 aliphatic rings. The number of rotatable bonds is 7. The van der Waals surface area contributed by atoms with Gasteiger partial charge in [0.05, 0.1) is 24.6 Å². The molecule has 7 heteroatoms. The number of ether oxygens (including phenoxy) is 1. The second-order valence-electron chi connectivity index (χ2n) is 8.75. The molecule has 5 rings (SSSR count). The lowest BCUT2D eigenvalue weighted by Gasteiger charge is -2.22. The monoisotopic (exact) mass is 468 g/mol. The van der Waals surface area contributed by atoms with E-state index in [1.54, 1.807) is 29.9 Å². The molecule has 1 N–H and O–H groups in total. The number of carbonyl (C=O) groups is 1. The van der Waals surface area contributed by atoms with Gasteiger partial charge in [-0.3, -0.25) is 14.2 Å². The third-order valence-corrected chi connectivity index (χ3v) is 6.38. The first-order valence-electron chi connectivity index (χ1n) is 11.9. The van der Waals surface area contributed by atoms with Crippen molar-refractivity contribution in [1.29, 1.82) is 0 Å². The Hall–Kier alpha value is -4.13. The smallest absolute Gasteiger partial charge is 0.263 e. The standard InChI is InChI=1S/C28H28N4O3/c1-35-23-12-9-20(10-13-23)18-29-26(33)22-11-14-24-25(17-22)30-28(31-15-5-6-16-31)32(27(24)34)19-21-7-3-2-4-8-21/h2-4,7-14,17H,5-6,15-16,18-19H2,1H3,(H,29,33). The second-order valence-corrected chi connectivity index (χ2v) is 8.75. The summed E-state index contributed by atoms with van der Waals surface area (Å²) in [7, 11) is 1.62. The zero-order chi connectivity index (χ0) is 24.2. The van der Waals surface area contributed by atoms with Gasteiger partial charge in [0.1, 0.15) is 5.75 Å². The molecule has 0 spiro atoms. The Morgan fingerprint density at radius 2 is 1.71 bits per heavy atom. The van der Waals surface area contributed by atoms with Crippen LogP contribution in [0.1, 0.15) is 34.3 Å². The number of carbonyl (C=O) groups excluding carboxylic acids is 1. The van der Waals surface area contributed by atoms with E-state index in [0.717, 1.165) is 42.8 Å². The molecule has 1 aromatic heterocycles. The van der Waals surface area contributed by atoms with Crippen molar-refractivity contribution in [2.24, 2.45) is 0 Å². The summed E-state index contributed by atoms with van der Waals surface area (Å²) >= 11 is 0. The first-order valence-corrected chi connectivity index (χ1v) is 11.9. The Bertz CT molecular complexity index is 1390. The molecular weight excluding hydrogens is 440 g/mol. The highest BCUT2D eigenvalue weighted by Gasteiger charge is 2.21. The summed E-state index contributed by atoms with van der Waals surface area (Å²) in [4.78, 5) is 33.5. The molecule has 1 amide bonds. The van der Waals surface area contributed by atoms with E-state index in [9.17, 15) is 9.59 Å².